The standard InChI is InChI=1S/C13H18ClNO/c1-9(15-13(2,3)4)12(16)10-6-5-7-11(14)8-10/h5-9,15H,1-4H3/t9-/m0/s1/i2D3,3D3,4D3,5D,6D,7D,8D,9D. The molecular formula is C13H18ClNO. The van der Waals surface area contributed by atoms with Crippen LogP contribution in [-0.2, 0) is 0 Å². The first-order valence-corrected chi connectivity index (χ1v) is 4.52. The topological polar surface area (TPSA) is 29.1 Å². The lowest BCUT2D eigenvalue weighted by Crippen LogP contribution is -2.46. The number of Topliss-reactive ketones (excluding diaryl/α,β-unsaturated/α-hetero) is 1. The lowest BCUT2D eigenvalue weighted by atomic mass is 10.0. The highest BCUT2D eigenvalue weighted by Crippen LogP contribution is 2.13. The van der Waals surface area contributed by atoms with Gasteiger partial charge in [-0.25, -0.2) is 0 Å². The van der Waals surface area contributed by atoms with Gasteiger partial charge in [0.1, 0.15) is 0 Å². The minimum absolute atomic E-state index is 0.665. The lowest BCUT2D eigenvalue weighted by Gasteiger charge is -2.25. The third kappa shape index (κ3) is 3.95. The van der Waals surface area contributed by atoms with Crippen LogP contribution in [0, 0.1) is 0 Å². The summed E-state index contributed by atoms with van der Waals surface area (Å²) in [6.45, 7) is -10.6. The quantitative estimate of drug-likeness (QED) is 0.838. The van der Waals surface area contributed by atoms with Crippen LogP contribution in [0.15, 0.2) is 24.2 Å². The van der Waals surface area contributed by atoms with Gasteiger partial charge in [0, 0.05) is 28.5 Å². The molecule has 0 spiro atoms. The number of ketones is 1. The fraction of sp³-hybridized carbons (Fsp3) is 0.462. The number of carbonyl (C=O) groups is 1. The van der Waals surface area contributed by atoms with Crippen LogP contribution in [0.25, 0.3) is 0 Å². The van der Waals surface area contributed by atoms with Gasteiger partial charge in [-0.05, 0) is 39.6 Å². The van der Waals surface area contributed by atoms with Gasteiger partial charge < -0.3 is 5.32 Å². The number of hydrogen-bond donors (Lipinski definition) is 1. The molecule has 1 rings (SSSR count). The summed E-state index contributed by atoms with van der Waals surface area (Å²) in [6, 6.07) is -6.45. The summed E-state index contributed by atoms with van der Waals surface area (Å²) in [5, 5.41) is 0.954. The Morgan fingerprint density at radius 2 is 2.31 bits per heavy atom. The number of benzene rings is 1. The van der Waals surface area contributed by atoms with Crippen LogP contribution in [0.3, 0.4) is 0 Å². The van der Waals surface area contributed by atoms with Crippen LogP contribution < -0.4 is 5.32 Å². The van der Waals surface area contributed by atoms with Crippen molar-refractivity contribution >= 4 is 17.4 Å². The van der Waals surface area contributed by atoms with Crippen LogP contribution in [-0.4, -0.2) is 17.3 Å². The van der Waals surface area contributed by atoms with E-state index in [0.717, 1.165) is 0 Å². The van der Waals surface area contributed by atoms with Crippen molar-refractivity contribution in [2.24, 2.45) is 0 Å². The number of carbonyl (C=O) groups excluding carboxylic acids is 1. The van der Waals surface area contributed by atoms with Crippen molar-refractivity contribution in [1.29, 1.82) is 0 Å². The van der Waals surface area contributed by atoms with Crippen molar-refractivity contribution in [1.82, 2.24) is 5.32 Å². The summed E-state index contributed by atoms with van der Waals surface area (Å²) in [4.78, 5) is 12.9. The van der Waals surface area contributed by atoms with E-state index in [0.29, 0.717) is 6.92 Å². The summed E-state index contributed by atoms with van der Waals surface area (Å²) in [5.74, 6) is -1.56. The molecule has 0 amide bonds. The molecule has 0 aliphatic rings. The molecule has 3 heteroatoms. The molecule has 0 saturated carbocycles. The summed E-state index contributed by atoms with van der Waals surface area (Å²) in [6.07, 6.45) is 0. The first-order chi connectivity index (χ1) is 13.0. The zero-order valence-corrected chi connectivity index (χ0v) is 9.04. The van der Waals surface area contributed by atoms with E-state index in [1.54, 1.807) is 5.32 Å². The van der Waals surface area contributed by atoms with E-state index >= 15 is 0 Å². The van der Waals surface area contributed by atoms with E-state index in [4.69, 9.17) is 30.8 Å². The van der Waals surface area contributed by atoms with Gasteiger partial charge in [0.05, 0.1) is 12.9 Å². The van der Waals surface area contributed by atoms with Crippen molar-refractivity contribution in [3.63, 3.8) is 0 Å². The Kier molecular flexibility index (Phi) is 1.11. The Hall–Kier alpha value is -0.860. The predicted octanol–water partition coefficient (Wildman–Crippen LogP) is 3.30. The monoisotopic (exact) mass is 253 g/mol. The number of nitrogens with one attached hydrogen (secondary N) is 1. The molecule has 2 nitrogen and oxygen atoms in total. The second kappa shape index (κ2) is 4.98. The molecule has 0 radical (unpaired) electrons. The number of rotatable bonds is 3. The molecule has 0 heterocycles. The van der Waals surface area contributed by atoms with Gasteiger partial charge >= 0.3 is 0 Å². The molecule has 1 atom stereocenters. The van der Waals surface area contributed by atoms with Crippen LogP contribution in [0.4, 0.5) is 0 Å². The Bertz CT molecular complexity index is 788. The molecule has 0 fully saturated rings. The van der Waals surface area contributed by atoms with E-state index in [-0.39, 0.29) is 0 Å². The maximum Gasteiger partial charge on any atom is 0.179 e. The van der Waals surface area contributed by atoms with Crippen molar-refractivity contribution in [3.8, 4) is 0 Å². The highest BCUT2D eigenvalue weighted by atomic mass is 35.5. The Labute approximate surface area is 122 Å². The van der Waals surface area contributed by atoms with E-state index < -0.39 is 72.7 Å². The third-order valence-corrected chi connectivity index (χ3v) is 1.73. The first kappa shape index (κ1) is 3.56. The molecule has 1 aromatic rings. The predicted molar refractivity (Wildman–Crippen MR) is 68.1 cm³/mol. The Balaban J connectivity index is 3.79. The third-order valence-electron chi connectivity index (χ3n) is 1.54. The van der Waals surface area contributed by atoms with Crippen molar-refractivity contribution < 1.29 is 24.0 Å². The molecular weight excluding hydrogens is 222 g/mol. The van der Waals surface area contributed by atoms with Crippen LogP contribution >= 0.6 is 11.6 Å². The van der Waals surface area contributed by atoms with Crippen molar-refractivity contribution in [3.05, 3.63) is 34.8 Å². The molecule has 0 aliphatic heterocycles. The van der Waals surface area contributed by atoms with Gasteiger partial charge in [-0.2, -0.15) is 0 Å². The van der Waals surface area contributed by atoms with E-state index in [1.807, 2.05) is 0 Å². The number of hydrogen-bond acceptors (Lipinski definition) is 2. The average molecular weight is 254 g/mol. The molecule has 1 N–H and O–H groups in total. The fourth-order valence-electron chi connectivity index (χ4n) is 0.960. The zero-order chi connectivity index (χ0) is 24.2. The summed E-state index contributed by atoms with van der Waals surface area (Å²) < 4.78 is 107. The van der Waals surface area contributed by atoms with E-state index in [1.165, 1.54) is 0 Å². The van der Waals surface area contributed by atoms with Gasteiger partial charge in [-0.15, -0.1) is 0 Å². The van der Waals surface area contributed by atoms with Crippen molar-refractivity contribution in [2.45, 2.75) is 39.0 Å². The van der Waals surface area contributed by atoms with E-state index in [2.05, 4.69) is 0 Å². The Morgan fingerprint density at radius 1 is 1.62 bits per heavy atom. The summed E-state index contributed by atoms with van der Waals surface area (Å²) in [7, 11) is 0. The first-order valence-electron chi connectivity index (χ1n) is 11.1. The zero-order valence-electron chi connectivity index (χ0n) is 22.3. The molecule has 1 aromatic carbocycles. The number of halogens is 1. The fourth-order valence-corrected chi connectivity index (χ4v) is 1.10. The van der Waals surface area contributed by atoms with Crippen LogP contribution in [0.5, 0.6) is 0 Å². The second-order valence-corrected chi connectivity index (χ2v) is 3.40. The van der Waals surface area contributed by atoms with E-state index in [9.17, 15) is 4.79 Å². The molecule has 88 valence electrons. The summed E-state index contributed by atoms with van der Waals surface area (Å²) in [5.41, 5.74) is -4.67. The largest absolute Gasteiger partial charge is 0.303 e. The van der Waals surface area contributed by atoms with Gasteiger partial charge in [-0.3, -0.25) is 4.79 Å². The maximum atomic E-state index is 12.9. The maximum absolute atomic E-state index is 12.9. The smallest absolute Gasteiger partial charge is 0.179 e. The average Bonchev–Trinajstić information content (AvgIpc) is 2.52. The molecule has 0 bridgehead atoms. The van der Waals surface area contributed by atoms with Crippen molar-refractivity contribution in [2.75, 3.05) is 0 Å². The second-order valence-electron chi connectivity index (χ2n) is 3.02. The van der Waals surface area contributed by atoms with Gasteiger partial charge in [-0.1, -0.05) is 23.7 Å². The van der Waals surface area contributed by atoms with Crippen LogP contribution in [0.2, 0.25) is 5.02 Å². The highest BCUT2D eigenvalue weighted by Gasteiger charge is 2.20. The van der Waals surface area contributed by atoms with Crippen LogP contribution in [0.1, 0.15) is 57.0 Å². The molecule has 0 aliphatic carbocycles. The normalized spacial score (nSPS) is 30.6. The lowest BCUT2D eigenvalue weighted by molar-refractivity contribution is 0.0936. The molecule has 0 unspecified atom stereocenters. The minimum atomic E-state index is -3.75. The molecule has 0 aromatic heterocycles. The highest BCUT2D eigenvalue weighted by molar-refractivity contribution is 6.31. The molecule has 16 heavy (non-hydrogen) atoms. The van der Waals surface area contributed by atoms with Gasteiger partial charge in [0.25, 0.3) is 0 Å². The molecule has 0 saturated heterocycles. The van der Waals surface area contributed by atoms with Gasteiger partial charge in [0.15, 0.2) is 5.78 Å². The summed E-state index contributed by atoms with van der Waals surface area (Å²) >= 11 is 5.72. The SMILES string of the molecule is [2H]c1c([2H])c(Cl)c([2H])c(C(=O)[C@]([2H])(C)NC(C([2H])([2H])[2H])(C([2H])([2H])[2H])C([2H])([2H])[2H])c1[2H]. The Morgan fingerprint density at radius 3 is 2.94 bits per heavy atom. The minimum Gasteiger partial charge on any atom is -0.303 e. The van der Waals surface area contributed by atoms with Gasteiger partial charge in [0.2, 0.25) is 0 Å².